The molecule has 1 aliphatic carbocycles. The molecule has 200 valence electrons. The number of benzene rings is 3. The van der Waals surface area contributed by atoms with Gasteiger partial charge in [-0.2, -0.15) is 42.0 Å². The number of rotatable bonds is 5. The Kier molecular flexibility index (Phi) is 11.3. The first kappa shape index (κ1) is 31.0. The van der Waals surface area contributed by atoms with Gasteiger partial charge in [-0.15, -0.1) is 11.1 Å². The van der Waals surface area contributed by atoms with E-state index in [1.807, 2.05) is 36.4 Å². The zero-order valence-corrected chi connectivity index (χ0v) is 28.4. The Balaban J connectivity index is 0.000000197. The van der Waals surface area contributed by atoms with Crippen molar-refractivity contribution in [1.29, 1.82) is 0 Å². The molecule has 0 spiro atoms. The van der Waals surface area contributed by atoms with Crippen molar-refractivity contribution in [2.75, 3.05) is 0 Å². The van der Waals surface area contributed by atoms with Crippen molar-refractivity contribution in [3.63, 3.8) is 0 Å². The van der Waals surface area contributed by atoms with Gasteiger partial charge in [-0.1, -0.05) is 65.3 Å². The summed E-state index contributed by atoms with van der Waals surface area (Å²) in [6.07, 6.45) is 6.65. The van der Waals surface area contributed by atoms with E-state index in [9.17, 15) is 0 Å². The molecule has 4 aromatic rings. The predicted molar refractivity (Wildman–Crippen MR) is 168 cm³/mol. The molecule has 0 bridgehead atoms. The molecule has 0 nitrogen and oxygen atoms in total. The van der Waals surface area contributed by atoms with E-state index in [4.69, 9.17) is 0 Å². The molecule has 5 rings (SSSR count). The number of allylic oxidation sites excluding steroid dienone is 1. The minimum absolute atomic E-state index is 0.167. The van der Waals surface area contributed by atoms with E-state index in [1.54, 1.807) is 3.26 Å². The summed E-state index contributed by atoms with van der Waals surface area (Å²) in [6.45, 7) is 17.3. The Morgan fingerprint density at radius 1 is 0.872 bits per heavy atom. The van der Waals surface area contributed by atoms with E-state index in [0.717, 1.165) is 12.8 Å². The second kappa shape index (κ2) is 14.2. The van der Waals surface area contributed by atoms with Crippen molar-refractivity contribution < 1.29 is 23.9 Å². The van der Waals surface area contributed by atoms with Crippen LogP contribution in [0.4, 0.5) is 0 Å². The average molecular weight is 679 g/mol. The molecular weight excluding hydrogens is 635 g/mol. The monoisotopic (exact) mass is 680 g/mol. The van der Waals surface area contributed by atoms with Gasteiger partial charge in [0.15, 0.2) is 0 Å². The number of unbranched alkanes of at least 4 members (excludes halogenated alkanes) is 1. The van der Waals surface area contributed by atoms with Crippen LogP contribution in [0, 0.1) is 6.07 Å². The maximum atomic E-state index is 3.73. The minimum Gasteiger partial charge on any atom is -0.214 e. The molecule has 4 aromatic carbocycles. The van der Waals surface area contributed by atoms with Crippen molar-refractivity contribution in [3.8, 4) is 11.1 Å². The van der Waals surface area contributed by atoms with Crippen LogP contribution in [-0.2, 0) is 41.1 Å². The van der Waals surface area contributed by atoms with E-state index in [0.29, 0.717) is 0 Å². The second-order valence-corrected chi connectivity index (χ2v) is 14.5. The van der Waals surface area contributed by atoms with E-state index in [-0.39, 0.29) is 10.8 Å². The Morgan fingerprint density at radius 2 is 1.54 bits per heavy atom. The molecular formula is C38H44Hf. The topological polar surface area (TPSA) is 0 Å². The fraction of sp³-hybridized carbons (Fsp3) is 0.316. The van der Waals surface area contributed by atoms with Gasteiger partial charge in [0.2, 0.25) is 0 Å². The summed E-state index contributed by atoms with van der Waals surface area (Å²) >= 11 is 1.18. The molecule has 0 aliphatic heterocycles. The second-order valence-electron chi connectivity index (χ2n) is 12.3. The molecule has 0 atom stereocenters. The van der Waals surface area contributed by atoms with Crippen molar-refractivity contribution in [2.24, 2.45) is 0 Å². The number of hydrogen-bond donors (Lipinski definition) is 0. The van der Waals surface area contributed by atoms with Crippen LogP contribution in [0.5, 0.6) is 0 Å². The van der Waals surface area contributed by atoms with Crippen LogP contribution in [0.25, 0.3) is 11.1 Å². The molecule has 0 saturated heterocycles. The van der Waals surface area contributed by atoms with Crippen molar-refractivity contribution in [2.45, 2.75) is 78.1 Å². The molecule has 0 saturated carbocycles. The third kappa shape index (κ3) is 9.28. The van der Waals surface area contributed by atoms with Crippen LogP contribution < -0.4 is 0 Å². The summed E-state index contributed by atoms with van der Waals surface area (Å²) in [4.78, 5) is 0. The van der Waals surface area contributed by atoms with Crippen LogP contribution >= 0.6 is 0 Å². The summed E-state index contributed by atoms with van der Waals surface area (Å²) in [6, 6.07) is 35.9. The Bertz CT molecular complexity index is 1250. The van der Waals surface area contributed by atoms with Gasteiger partial charge in [0.05, 0.1) is 0 Å². The van der Waals surface area contributed by atoms with Crippen LogP contribution in [-0.4, -0.2) is 3.26 Å². The van der Waals surface area contributed by atoms with E-state index >= 15 is 0 Å². The van der Waals surface area contributed by atoms with Gasteiger partial charge in [0, 0.05) is 0 Å². The van der Waals surface area contributed by atoms with Crippen LogP contribution in [0.3, 0.4) is 0 Å². The summed E-state index contributed by atoms with van der Waals surface area (Å²) in [5.74, 6) is 0. The zero-order valence-electron chi connectivity index (χ0n) is 24.8. The van der Waals surface area contributed by atoms with E-state index in [1.165, 1.54) is 75.7 Å². The zero-order chi connectivity index (χ0) is 28.5. The van der Waals surface area contributed by atoms with Crippen molar-refractivity contribution in [1.82, 2.24) is 0 Å². The van der Waals surface area contributed by atoms with E-state index < -0.39 is 0 Å². The molecule has 0 radical (unpaired) electrons. The summed E-state index contributed by atoms with van der Waals surface area (Å²) < 4.78 is 1.61. The van der Waals surface area contributed by atoms with Gasteiger partial charge in [-0.25, -0.2) is 12.1 Å². The number of hydrogen-bond acceptors (Lipinski definition) is 0. The largest absolute Gasteiger partial charge is 0.214 e. The molecule has 0 unspecified atom stereocenters. The summed E-state index contributed by atoms with van der Waals surface area (Å²) in [5.41, 5.74) is 10.1. The first-order valence-corrected chi connectivity index (χ1v) is 15.9. The average Bonchev–Trinajstić information content (AvgIpc) is 3.60. The summed E-state index contributed by atoms with van der Waals surface area (Å²) in [5, 5.41) is 0. The maximum absolute atomic E-state index is 3.73. The SMILES string of the molecule is C=CCCC[C](=[Hf+2])c1ccccc1.CC(C)(C)c1[c-]c2c(cc1)-c1ccc(C(C)(C)C)cc1C2.c1cc[cH-]c1. The quantitative estimate of drug-likeness (QED) is 0.0751. The minimum atomic E-state index is 0.167. The molecule has 0 heterocycles. The van der Waals surface area contributed by atoms with Gasteiger partial charge < -0.3 is 0 Å². The third-order valence-corrected chi connectivity index (χ3v) is 8.91. The smallest absolute Gasteiger partial charge is 0.0132 e. The van der Waals surface area contributed by atoms with Crippen LogP contribution in [0.2, 0.25) is 0 Å². The Morgan fingerprint density at radius 3 is 2.10 bits per heavy atom. The first-order chi connectivity index (χ1) is 18.5. The molecule has 39 heavy (non-hydrogen) atoms. The van der Waals surface area contributed by atoms with Crippen molar-refractivity contribution >= 4 is 3.26 Å². The van der Waals surface area contributed by atoms with Gasteiger partial charge >= 0.3 is 95.0 Å². The molecule has 0 aromatic heterocycles. The molecule has 1 heteroatoms. The van der Waals surface area contributed by atoms with Crippen LogP contribution in [0.1, 0.15) is 88.6 Å². The molecule has 0 fully saturated rings. The van der Waals surface area contributed by atoms with Crippen molar-refractivity contribution in [3.05, 3.63) is 138 Å². The van der Waals surface area contributed by atoms with Gasteiger partial charge in [0.1, 0.15) is 0 Å². The van der Waals surface area contributed by atoms with Crippen LogP contribution in [0.15, 0.2) is 104 Å². The third-order valence-electron chi connectivity index (χ3n) is 6.98. The maximum Gasteiger partial charge on any atom is -0.0132 e. The predicted octanol–water partition coefficient (Wildman–Crippen LogP) is 10.2. The molecule has 0 amide bonds. The fourth-order valence-electron chi connectivity index (χ4n) is 4.56. The standard InChI is InChI=1S/C21H25.C12H14.C5H5.Hf/c1-20(2,3)16-7-9-18-14(12-16)11-15-13-17(21(4,5)6)8-10-19(15)18;1-2-3-4-6-9-12-10-7-5-8-11-12;1-2-4-5-3-1;/h7-10,12H,11H2,1-6H3;2,5,7-8,10-11H,1,3-4,6H2;1-5H;/q-1;;-1;+2. The molecule has 1 aliphatic rings. The molecule has 0 N–H and O–H groups in total. The van der Waals surface area contributed by atoms with Gasteiger partial charge in [-0.3, -0.25) is 0 Å². The first-order valence-electron chi connectivity index (χ1n) is 14.1. The Hall–Kier alpha value is -2.51. The summed E-state index contributed by atoms with van der Waals surface area (Å²) in [7, 11) is 0. The van der Waals surface area contributed by atoms with E-state index in [2.05, 4.69) is 115 Å². The fourth-order valence-corrected chi connectivity index (χ4v) is 5.79. The number of fused-ring (bicyclic) bond motifs is 3. The normalized spacial score (nSPS) is 11.8. The van der Waals surface area contributed by atoms with Gasteiger partial charge in [0.25, 0.3) is 0 Å². The van der Waals surface area contributed by atoms with Gasteiger partial charge in [-0.05, 0) is 28.4 Å². The Labute approximate surface area is 252 Å².